The van der Waals surface area contributed by atoms with E-state index >= 15 is 0 Å². The Kier molecular flexibility index (Phi) is 3.64. The smallest absolute Gasteiger partial charge is 0.240 e. The molecule has 5 heteroatoms. The summed E-state index contributed by atoms with van der Waals surface area (Å²) in [6, 6.07) is 6.38. The summed E-state index contributed by atoms with van der Waals surface area (Å²) in [7, 11) is -3.44. The first-order valence-corrected chi connectivity index (χ1v) is 7.75. The van der Waals surface area contributed by atoms with Crippen LogP contribution in [0.3, 0.4) is 0 Å². The number of rotatable bonds is 4. The molecule has 0 spiro atoms. The van der Waals surface area contributed by atoms with Crippen molar-refractivity contribution in [2.24, 2.45) is 5.41 Å². The minimum atomic E-state index is -3.44. The number of benzene rings is 1. The minimum Gasteiger partial charge on any atom is -0.399 e. The standard InChI is InChI=1S/C13H20N2O2S/c1-13(7-2-3-8-13)10-15-18(16,17)12-6-4-5-11(14)9-12/h4-6,9,15H,2-3,7-8,10,14H2,1H3. The number of nitrogens with one attached hydrogen (secondary N) is 1. The van der Waals surface area contributed by atoms with E-state index in [1.807, 2.05) is 0 Å². The lowest BCUT2D eigenvalue weighted by molar-refractivity contribution is 0.336. The van der Waals surface area contributed by atoms with Crippen LogP contribution in [0.4, 0.5) is 5.69 Å². The second-order valence-electron chi connectivity index (χ2n) is 5.41. The monoisotopic (exact) mass is 268 g/mol. The van der Waals surface area contributed by atoms with Crippen molar-refractivity contribution in [3.63, 3.8) is 0 Å². The van der Waals surface area contributed by atoms with Gasteiger partial charge in [-0.1, -0.05) is 25.8 Å². The Bertz CT molecular complexity index is 520. The first kappa shape index (κ1) is 13.4. The largest absolute Gasteiger partial charge is 0.399 e. The Balaban J connectivity index is 2.08. The van der Waals surface area contributed by atoms with Gasteiger partial charge >= 0.3 is 0 Å². The Morgan fingerprint density at radius 2 is 2.00 bits per heavy atom. The third-order valence-electron chi connectivity index (χ3n) is 3.67. The molecule has 1 aromatic rings. The molecule has 1 saturated carbocycles. The van der Waals surface area contributed by atoms with Crippen molar-refractivity contribution in [3.8, 4) is 0 Å². The predicted octanol–water partition coefficient (Wildman–Crippen LogP) is 2.13. The molecule has 4 nitrogen and oxygen atoms in total. The average molecular weight is 268 g/mol. The maximum atomic E-state index is 12.1. The van der Waals surface area contributed by atoms with Crippen molar-refractivity contribution in [1.29, 1.82) is 0 Å². The molecule has 0 aromatic heterocycles. The molecule has 18 heavy (non-hydrogen) atoms. The zero-order valence-corrected chi connectivity index (χ0v) is 11.5. The molecule has 1 fully saturated rings. The molecule has 0 aliphatic heterocycles. The van der Waals surface area contributed by atoms with Gasteiger partial charge in [-0.2, -0.15) is 0 Å². The van der Waals surface area contributed by atoms with E-state index in [-0.39, 0.29) is 10.3 Å². The molecule has 0 saturated heterocycles. The summed E-state index contributed by atoms with van der Waals surface area (Å²) in [6.45, 7) is 2.64. The average Bonchev–Trinajstić information content (AvgIpc) is 2.75. The highest BCUT2D eigenvalue weighted by atomic mass is 32.2. The van der Waals surface area contributed by atoms with Crippen molar-refractivity contribution in [2.45, 2.75) is 37.5 Å². The van der Waals surface area contributed by atoms with Gasteiger partial charge in [0.25, 0.3) is 0 Å². The molecule has 0 bridgehead atoms. The Hall–Kier alpha value is -1.07. The van der Waals surface area contributed by atoms with E-state index in [1.54, 1.807) is 18.2 Å². The van der Waals surface area contributed by atoms with Crippen molar-refractivity contribution in [3.05, 3.63) is 24.3 Å². The SMILES string of the molecule is CC1(CNS(=O)(=O)c2cccc(N)c2)CCCC1. The molecule has 0 heterocycles. The minimum absolute atomic E-state index is 0.105. The zero-order valence-electron chi connectivity index (χ0n) is 10.6. The fourth-order valence-corrected chi connectivity index (χ4v) is 3.69. The molecule has 0 atom stereocenters. The topological polar surface area (TPSA) is 72.2 Å². The summed E-state index contributed by atoms with van der Waals surface area (Å²) in [4.78, 5) is 0.240. The van der Waals surface area contributed by atoms with E-state index < -0.39 is 10.0 Å². The molecule has 0 radical (unpaired) electrons. The van der Waals surface area contributed by atoms with E-state index in [0.717, 1.165) is 12.8 Å². The zero-order chi connectivity index (χ0) is 13.2. The molecule has 1 aromatic carbocycles. The van der Waals surface area contributed by atoms with Crippen LogP contribution in [0.2, 0.25) is 0 Å². The molecule has 1 aliphatic carbocycles. The Morgan fingerprint density at radius 3 is 2.61 bits per heavy atom. The van der Waals surface area contributed by atoms with Crippen LogP contribution in [0, 0.1) is 5.41 Å². The van der Waals surface area contributed by atoms with Crippen molar-refractivity contribution in [1.82, 2.24) is 4.72 Å². The molecule has 0 amide bonds. The lowest BCUT2D eigenvalue weighted by Gasteiger charge is -2.23. The van der Waals surface area contributed by atoms with Crippen LogP contribution in [0.1, 0.15) is 32.6 Å². The quantitative estimate of drug-likeness (QED) is 0.822. The number of nitrogen functional groups attached to an aromatic ring is 1. The van der Waals surface area contributed by atoms with E-state index in [1.165, 1.54) is 18.9 Å². The highest BCUT2D eigenvalue weighted by molar-refractivity contribution is 7.89. The van der Waals surface area contributed by atoms with Gasteiger partial charge < -0.3 is 5.73 Å². The van der Waals surface area contributed by atoms with Gasteiger partial charge in [0.15, 0.2) is 0 Å². The summed E-state index contributed by atoms with van der Waals surface area (Å²) in [5, 5.41) is 0. The van der Waals surface area contributed by atoms with Crippen LogP contribution < -0.4 is 10.5 Å². The van der Waals surface area contributed by atoms with Crippen LogP contribution in [0.5, 0.6) is 0 Å². The molecule has 100 valence electrons. The summed E-state index contributed by atoms with van der Waals surface area (Å²) in [6.07, 6.45) is 4.56. The molecule has 0 unspecified atom stereocenters. The number of anilines is 1. The van der Waals surface area contributed by atoms with E-state index in [9.17, 15) is 8.42 Å². The van der Waals surface area contributed by atoms with Gasteiger partial charge in [0.05, 0.1) is 4.90 Å². The second-order valence-corrected chi connectivity index (χ2v) is 7.18. The van der Waals surface area contributed by atoms with Crippen molar-refractivity contribution < 1.29 is 8.42 Å². The number of hydrogen-bond acceptors (Lipinski definition) is 3. The summed E-state index contributed by atoms with van der Waals surface area (Å²) in [5.41, 5.74) is 6.17. The van der Waals surface area contributed by atoms with Gasteiger partial charge in [-0.05, 0) is 36.5 Å². The highest BCUT2D eigenvalue weighted by Crippen LogP contribution is 2.36. The Labute approximate surface area is 109 Å². The maximum absolute atomic E-state index is 12.1. The second kappa shape index (κ2) is 4.90. The lowest BCUT2D eigenvalue weighted by Crippen LogP contribution is -2.34. The molecule has 3 N–H and O–H groups in total. The summed E-state index contributed by atoms with van der Waals surface area (Å²) < 4.78 is 26.9. The van der Waals surface area contributed by atoms with E-state index in [2.05, 4.69) is 11.6 Å². The number of nitrogens with two attached hydrogens (primary N) is 1. The van der Waals surface area contributed by atoms with Gasteiger partial charge in [0.2, 0.25) is 10.0 Å². The fourth-order valence-electron chi connectivity index (χ4n) is 2.44. The van der Waals surface area contributed by atoms with Crippen LogP contribution in [-0.4, -0.2) is 15.0 Å². The van der Waals surface area contributed by atoms with Crippen LogP contribution in [0.15, 0.2) is 29.2 Å². The van der Waals surface area contributed by atoms with Gasteiger partial charge in [-0.25, -0.2) is 13.1 Å². The van der Waals surface area contributed by atoms with Crippen LogP contribution >= 0.6 is 0 Å². The van der Waals surface area contributed by atoms with Gasteiger partial charge in [-0.15, -0.1) is 0 Å². The van der Waals surface area contributed by atoms with Crippen molar-refractivity contribution in [2.75, 3.05) is 12.3 Å². The van der Waals surface area contributed by atoms with Gasteiger partial charge in [-0.3, -0.25) is 0 Å². The maximum Gasteiger partial charge on any atom is 0.240 e. The van der Waals surface area contributed by atoms with E-state index in [4.69, 9.17) is 5.73 Å². The van der Waals surface area contributed by atoms with Crippen LogP contribution in [0.25, 0.3) is 0 Å². The first-order chi connectivity index (χ1) is 8.41. The first-order valence-electron chi connectivity index (χ1n) is 6.27. The van der Waals surface area contributed by atoms with Gasteiger partial charge in [0, 0.05) is 12.2 Å². The predicted molar refractivity (Wildman–Crippen MR) is 72.6 cm³/mol. The Morgan fingerprint density at radius 1 is 1.33 bits per heavy atom. The molecule has 1 aliphatic rings. The van der Waals surface area contributed by atoms with E-state index in [0.29, 0.717) is 12.2 Å². The summed E-state index contributed by atoms with van der Waals surface area (Å²) in [5.74, 6) is 0. The normalized spacial score (nSPS) is 18.9. The highest BCUT2D eigenvalue weighted by Gasteiger charge is 2.30. The fraction of sp³-hybridized carbons (Fsp3) is 0.538. The number of hydrogen-bond donors (Lipinski definition) is 2. The molecular formula is C13H20N2O2S. The number of sulfonamides is 1. The van der Waals surface area contributed by atoms with Crippen LogP contribution in [-0.2, 0) is 10.0 Å². The summed E-state index contributed by atoms with van der Waals surface area (Å²) >= 11 is 0. The molecule has 2 rings (SSSR count). The lowest BCUT2D eigenvalue weighted by atomic mass is 9.89. The van der Waals surface area contributed by atoms with Crippen molar-refractivity contribution >= 4 is 15.7 Å². The molecular weight excluding hydrogens is 248 g/mol. The third-order valence-corrected chi connectivity index (χ3v) is 5.07. The third kappa shape index (κ3) is 3.03. The van der Waals surface area contributed by atoms with Gasteiger partial charge in [0.1, 0.15) is 0 Å².